The van der Waals surface area contributed by atoms with Crippen LogP contribution in [0.15, 0.2) is 109 Å². The molecular formula is C28H25N3. The van der Waals surface area contributed by atoms with Crippen LogP contribution in [0.2, 0.25) is 0 Å². The molecule has 3 nitrogen and oxygen atoms in total. The molecule has 0 unspecified atom stereocenters. The summed E-state index contributed by atoms with van der Waals surface area (Å²) in [4.78, 5) is 7.20. The van der Waals surface area contributed by atoms with Crippen molar-refractivity contribution >= 4 is 11.3 Å². The zero-order chi connectivity index (χ0) is 21.0. The highest BCUT2D eigenvalue weighted by atomic mass is 15.1. The quantitative estimate of drug-likeness (QED) is 0.322. The Bertz CT molecular complexity index is 1230. The molecule has 0 radical (unpaired) electrons. The molecule has 0 N–H and O–H groups in total. The molecule has 0 aliphatic rings. The van der Waals surface area contributed by atoms with Crippen molar-refractivity contribution < 1.29 is 0 Å². The van der Waals surface area contributed by atoms with Gasteiger partial charge in [0.1, 0.15) is 5.65 Å². The third-order valence-electron chi connectivity index (χ3n) is 5.56. The van der Waals surface area contributed by atoms with Gasteiger partial charge in [0, 0.05) is 36.7 Å². The van der Waals surface area contributed by atoms with Gasteiger partial charge in [0.2, 0.25) is 0 Å². The second kappa shape index (κ2) is 8.49. The summed E-state index contributed by atoms with van der Waals surface area (Å²) in [6.45, 7) is 3.83. The molecule has 5 aromatic rings. The highest BCUT2D eigenvalue weighted by Crippen LogP contribution is 2.25. The lowest BCUT2D eigenvalue weighted by Gasteiger charge is -2.25. The summed E-state index contributed by atoms with van der Waals surface area (Å²) in [7, 11) is 0. The molecule has 0 fully saturated rings. The van der Waals surface area contributed by atoms with Crippen molar-refractivity contribution in [2.24, 2.45) is 0 Å². The van der Waals surface area contributed by atoms with Gasteiger partial charge in [-0.2, -0.15) is 0 Å². The Balaban J connectivity index is 1.44. The average Bonchev–Trinajstić information content (AvgIpc) is 3.23. The van der Waals surface area contributed by atoms with E-state index in [1.54, 1.807) is 0 Å². The summed E-state index contributed by atoms with van der Waals surface area (Å²) < 4.78 is 2.09. The fourth-order valence-corrected chi connectivity index (χ4v) is 3.93. The van der Waals surface area contributed by atoms with Crippen LogP contribution in [0, 0.1) is 6.92 Å². The molecule has 0 amide bonds. The molecular weight excluding hydrogens is 378 g/mol. The van der Waals surface area contributed by atoms with Gasteiger partial charge in [-0.25, -0.2) is 4.98 Å². The number of hydrogen-bond donors (Lipinski definition) is 0. The standard InChI is InChI=1S/C28H25N3/c1-22-12-17-28-29-27(21-31(28)18-22)25-13-15-26(16-14-25)30(19-23-8-4-2-5-9-23)20-24-10-6-3-7-11-24/h2-18,21H,19-20H2,1H3. The topological polar surface area (TPSA) is 20.5 Å². The molecule has 5 rings (SSSR count). The predicted octanol–water partition coefficient (Wildman–Crippen LogP) is 6.52. The van der Waals surface area contributed by atoms with E-state index in [2.05, 4.69) is 126 Å². The van der Waals surface area contributed by atoms with Gasteiger partial charge in [0.25, 0.3) is 0 Å². The molecule has 152 valence electrons. The van der Waals surface area contributed by atoms with E-state index in [4.69, 9.17) is 4.98 Å². The second-order valence-electron chi connectivity index (χ2n) is 7.97. The van der Waals surface area contributed by atoms with Crippen LogP contribution in [0.1, 0.15) is 16.7 Å². The SMILES string of the molecule is Cc1ccc2nc(-c3ccc(N(Cc4ccccc4)Cc4ccccc4)cc3)cn2c1. The number of aromatic nitrogens is 2. The molecule has 0 spiro atoms. The Hall–Kier alpha value is -3.85. The number of anilines is 1. The Kier molecular flexibility index (Phi) is 5.24. The highest BCUT2D eigenvalue weighted by molar-refractivity contribution is 5.65. The molecule has 3 heteroatoms. The van der Waals surface area contributed by atoms with E-state index >= 15 is 0 Å². The van der Waals surface area contributed by atoms with E-state index in [0.29, 0.717) is 0 Å². The number of aryl methyl sites for hydroxylation is 1. The summed E-state index contributed by atoms with van der Waals surface area (Å²) >= 11 is 0. The molecule has 2 aromatic heterocycles. The fraction of sp³-hybridized carbons (Fsp3) is 0.107. The zero-order valence-electron chi connectivity index (χ0n) is 17.6. The number of nitrogens with zero attached hydrogens (tertiary/aromatic N) is 3. The lowest BCUT2D eigenvalue weighted by atomic mass is 10.1. The van der Waals surface area contributed by atoms with Crippen LogP contribution in [0.5, 0.6) is 0 Å². The van der Waals surface area contributed by atoms with Gasteiger partial charge in [-0.3, -0.25) is 0 Å². The first kappa shape index (κ1) is 19.1. The molecule has 31 heavy (non-hydrogen) atoms. The van der Waals surface area contributed by atoms with E-state index < -0.39 is 0 Å². The van der Waals surface area contributed by atoms with Crippen LogP contribution in [0.25, 0.3) is 16.9 Å². The molecule has 0 saturated heterocycles. The first-order valence-electron chi connectivity index (χ1n) is 10.6. The van der Waals surface area contributed by atoms with Gasteiger partial charge >= 0.3 is 0 Å². The Labute approximate surface area is 183 Å². The van der Waals surface area contributed by atoms with Gasteiger partial charge in [-0.15, -0.1) is 0 Å². The zero-order valence-corrected chi connectivity index (χ0v) is 17.6. The molecule has 0 aliphatic heterocycles. The maximum atomic E-state index is 4.78. The van der Waals surface area contributed by atoms with Crippen LogP contribution in [-0.2, 0) is 13.1 Å². The molecule has 0 aliphatic carbocycles. The van der Waals surface area contributed by atoms with Gasteiger partial charge in [0.15, 0.2) is 0 Å². The number of hydrogen-bond acceptors (Lipinski definition) is 2. The van der Waals surface area contributed by atoms with E-state index in [-0.39, 0.29) is 0 Å². The van der Waals surface area contributed by atoms with Crippen molar-refractivity contribution in [3.05, 3.63) is 126 Å². The molecule has 0 atom stereocenters. The van der Waals surface area contributed by atoms with Gasteiger partial charge in [0.05, 0.1) is 5.69 Å². The van der Waals surface area contributed by atoms with Crippen molar-refractivity contribution in [1.82, 2.24) is 9.38 Å². The maximum Gasteiger partial charge on any atom is 0.137 e. The van der Waals surface area contributed by atoms with E-state index in [1.165, 1.54) is 22.4 Å². The Morgan fingerprint density at radius 1 is 0.677 bits per heavy atom. The maximum absolute atomic E-state index is 4.78. The first-order valence-corrected chi connectivity index (χ1v) is 10.6. The number of rotatable bonds is 6. The normalized spacial score (nSPS) is 11.0. The monoisotopic (exact) mass is 403 g/mol. The van der Waals surface area contributed by atoms with E-state index in [9.17, 15) is 0 Å². The average molecular weight is 404 g/mol. The minimum atomic E-state index is 0.864. The summed E-state index contributed by atoms with van der Waals surface area (Å²) in [5, 5.41) is 0. The third-order valence-corrected chi connectivity index (χ3v) is 5.56. The molecule has 2 heterocycles. The third kappa shape index (κ3) is 4.36. The minimum absolute atomic E-state index is 0.864. The van der Waals surface area contributed by atoms with Gasteiger partial charge in [-0.1, -0.05) is 78.9 Å². The van der Waals surface area contributed by atoms with Crippen LogP contribution >= 0.6 is 0 Å². The van der Waals surface area contributed by atoms with Crippen LogP contribution in [0.4, 0.5) is 5.69 Å². The lowest BCUT2D eigenvalue weighted by molar-refractivity contribution is 0.800. The number of benzene rings is 3. The number of fused-ring (bicyclic) bond motifs is 1. The van der Waals surface area contributed by atoms with Crippen molar-refractivity contribution in [3.8, 4) is 11.3 Å². The minimum Gasteiger partial charge on any atom is -0.363 e. The van der Waals surface area contributed by atoms with Gasteiger partial charge in [-0.05, 0) is 41.8 Å². The number of pyridine rings is 1. The van der Waals surface area contributed by atoms with Crippen molar-refractivity contribution in [1.29, 1.82) is 0 Å². The largest absolute Gasteiger partial charge is 0.363 e. The Morgan fingerprint density at radius 3 is 1.90 bits per heavy atom. The van der Waals surface area contributed by atoms with E-state index in [1.807, 2.05) is 0 Å². The predicted molar refractivity (Wildman–Crippen MR) is 128 cm³/mol. The molecule has 0 bridgehead atoms. The lowest BCUT2D eigenvalue weighted by Crippen LogP contribution is -2.22. The smallest absolute Gasteiger partial charge is 0.137 e. The summed E-state index contributed by atoms with van der Waals surface area (Å²) in [5.74, 6) is 0. The van der Waals surface area contributed by atoms with Crippen molar-refractivity contribution in [2.75, 3.05) is 4.90 Å². The fourth-order valence-electron chi connectivity index (χ4n) is 3.93. The second-order valence-corrected chi connectivity index (χ2v) is 7.97. The number of imidazole rings is 1. The van der Waals surface area contributed by atoms with Gasteiger partial charge < -0.3 is 9.30 Å². The molecule has 3 aromatic carbocycles. The van der Waals surface area contributed by atoms with Crippen LogP contribution < -0.4 is 4.90 Å². The summed E-state index contributed by atoms with van der Waals surface area (Å²) in [6.07, 6.45) is 4.21. The van der Waals surface area contributed by atoms with Crippen molar-refractivity contribution in [3.63, 3.8) is 0 Å². The molecule has 0 saturated carbocycles. The van der Waals surface area contributed by atoms with Crippen molar-refractivity contribution in [2.45, 2.75) is 20.0 Å². The summed E-state index contributed by atoms with van der Waals surface area (Å²) in [6, 6.07) is 34.2. The van der Waals surface area contributed by atoms with Crippen LogP contribution in [-0.4, -0.2) is 9.38 Å². The van der Waals surface area contributed by atoms with E-state index in [0.717, 1.165) is 30.0 Å². The highest BCUT2D eigenvalue weighted by Gasteiger charge is 2.10. The summed E-state index contributed by atoms with van der Waals surface area (Å²) in [5.41, 5.74) is 8.13. The van der Waals surface area contributed by atoms with Crippen LogP contribution in [0.3, 0.4) is 0 Å². The Morgan fingerprint density at radius 2 is 1.29 bits per heavy atom. The first-order chi connectivity index (χ1) is 15.2.